The summed E-state index contributed by atoms with van der Waals surface area (Å²) in [6.07, 6.45) is 0.889. The number of hydrogen-bond acceptors (Lipinski definition) is 8. The maximum Gasteiger partial charge on any atom is 0.324 e. The smallest absolute Gasteiger partial charge is 0.324 e. The summed E-state index contributed by atoms with van der Waals surface area (Å²) < 4.78 is 17.2. The fourth-order valence-corrected chi connectivity index (χ4v) is 7.47. The molecule has 3 aliphatic carbocycles. The molecule has 2 bridgehead atoms. The molecule has 0 aromatic rings. The molecule has 2 heterocycles. The lowest BCUT2D eigenvalue weighted by atomic mass is 9.43. The van der Waals surface area contributed by atoms with E-state index in [1.807, 2.05) is 13.8 Å². The highest BCUT2D eigenvalue weighted by Gasteiger charge is 2.81. The summed E-state index contributed by atoms with van der Waals surface area (Å²) in [5, 5.41) is 0. The van der Waals surface area contributed by atoms with Gasteiger partial charge in [-0.15, -0.1) is 0 Å². The highest BCUT2D eigenvalue weighted by molar-refractivity contribution is 6.16. The van der Waals surface area contributed by atoms with Crippen LogP contribution in [0.3, 0.4) is 0 Å². The van der Waals surface area contributed by atoms with E-state index in [0.29, 0.717) is 25.7 Å². The first kappa shape index (κ1) is 19.7. The maximum atomic E-state index is 13.6. The number of hydrogen-bond donors (Lipinski definition) is 1. The zero-order valence-electron chi connectivity index (χ0n) is 17.3. The predicted octanol–water partition coefficient (Wildman–Crippen LogP) is 0.913. The molecule has 2 aliphatic heterocycles. The Balaban J connectivity index is 1.72. The Morgan fingerprint density at radius 1 is 1.23 bits per heavy atom. The third-order valence-corrected chi connectivity index (χ3v) is 8.58. The van der Waals surface area contributed by atoms with Crippen LogP contribution < -0.4 is 5.73 Å². The molecule has 0 amide bonds. The molecule has 162 valence electrons. The van der Waals surface area contributed by atoms with Gasteiger partial charge in [-0.2, -0.15) is 0 Å². The molecule has 0 unspecified atom stereocenters. The van der Waals surface area contributed by atoms with E-state index in [1.165, 1.54) is 0 Å². The number of esters is 3. The van der Waals surface area contributed by atoms with Crippen molar-refractivity contribution in [1.82, 2.24) is 0 Å². The summed E-state index contributed by atoms with van der Waals surface area (Å²) in [5.74, 6) is -3.54. The number of carbonyl (C=O) groups is 4. The minimum Gasteiger partial charge on any atom is -0.465 e. The lowest BCUT2D eigenvalue weighted by molar-refractivity contribution is -0.247. The molecule has 5 aliphatic rings. The molecular weight excluding hydrogens is 390 g/mol. The number of carbonyl (C=O) groups excluding carboxylic acids is 4. The average molecular weight is 417 g/mol. The van der Waals surface area contributed by atoms with Crippen molar-refractivity contribution < 1.29 is 33.4 Å². The van der Waals surface area contributed by atoms with Gasteiger partial charge in [0.25, 0.3) is 0 Å². The van der Waals surface area contributed by atoms with Gasteiger partial charge in [0.1, 0.15) is 18.8 Å². The molecule has 0 radical (unpaired) electrons. The fourth-order valence-electron chi connectivity index (χ4n) is 7.47. The summed E-state index contributed by atoms with van der Waals surface area (Å²) in [4.78, 5) is 52.1. The lowest BCUT2D eigenvalue weighted by Gasteiger charge is -2.61. The quantitative estimate of drug-likeness (QED) is 0.305. The lowest BCUT2D eigenvalue weighted by Crippen LogP contribution is -2.71. The number of ketones is 1. The monoisotopic (exact) mass is 417 g/mol. The summed E-state index contributed by atoms with van der Waals surface area (Å²) in [6, 6.07) is 0. The molecule has 8 heteroatoms. The zero-order valence-corrected chi connectivity index (χ0v) is 17.3. The van der Waals surface area contributed by atoms with Gasteiger partial charge in [-0.3, -0.25) is 19.2 Å². The van der Waals surface area contributed by atoms with Gasteiger partial charge in [0.2, 0.25) is 0 Å². The highest BCUT2D eigenvalue weighted by Crippen LogP contribution is 2.70. The minimum absolute atomic E-state index is 0.103. The first-order valence-corrected chi connectivity index (χ1v) is 10.6. The number of fused-ring (bicyclic) bond motifs is 1. The first-order valence-electron chi connectivity index (χ1n) is 10.6. The Hall–Kier alpha value is -2.22. The van der Waals surface area contributed by atoms with Crippen LogP contribution in [0.25, 0.3) is 0 Å². The molecule has 5 fully saturated rings. The second-order valence-corrected chi connectivity index (χ2v) is 10.1. The molecule has 8 nitrogen and oxygen atoms in total. The Labute approximate surface area is 174 Å². The molecule has 5 rings (SSSR count). The van der Waals surface area contributed by atoms with Gasteiger partial charge < -0.3 is 19.9 Å². The number of cyclic esters (lactones) is 1. The van der Waals surface area contributed by atoms with Gasteiger partial charge in [-0.25, -0.2) is 0 Å². The Bertz CT molecular complexity index is 894. The largest absolute Gasteiger partial charge is 0.465 e. The SMILES string of the molecule is C=C1C(=O)[C@@]23C(=O)O[C@H]4CCC(C)(C)[C@H]5C(=O)OC[C@@]45[C@@H]2CC[C@@H]1[C@H]3OC(=O)CN. The molecule has 7 atom stereocenters. The van der Waals surface area contributed by atoms with Gasteiger partial charge in [0, 0.05) is 5.92 Å². The van der Waals surface area contributed by atoms with E-state index in [1.54, 1.807) is 0 Å². The second-order valence-electron chi connectivity index (χ2n) is 10.1. The van der Waals surface area contributed by atoms with Crippen molar-refractivity contribution in [2.75, 3.05) is 13.2 Å². The van der Waals surface area contributed by atoms with Crippen molar-refractivity contribution in [3.8, 4) is 0 Å². The van der Waals surface area contributed by atoms with E-state index in [4.69, 9.17) is 19.9 Å². The van der Waals surface area contributed by atoms with Crippen LogP contribution in [-0.4, -0.2) is 49.1 Å². The van der Waals surface area contributed by atoms with E-state index in [2.05, 4.69) is 6.58 Å². The van der Waals surface area contributed by atoms with Crippen molar-refractivity contribution in [2.45, 2.75) is 51.7 Å². The van der Waals surface area contributed by atoms with Crippen molar-refractivity contribution in [1.29, 1.82) is 0 Å². The van der Waals surface area contributed by atoms with E-state index in [-0.39, 0.29) is 30.1 Å². The average Bonchev–Trinajstić information content (AvgIpc) is 3.11. The van der Waals surface area contributed by atoms with Crippen molar-refractivity contribution in [3.05, 3.63) is 12.2 Å². The minimum atomic E-state index is -1.68. The van der Waals surface area contributed by atoms with Gasteiger partial charge in [-0.1, -0.05) is 20.4 Å². The van der Waals surface area contributed by atoms with Gasteiger partial charge >= 0.3 is 17.9 Å². The molecule has 2 N–H and O–H groups in total. The van der Waals surface area contributed by atoms with Crippen LogP contribution in [0.5, 0.6) is 0 Å². The molecule has 2 spiro atoms. The standard InChI is InChI=1S/C22H27NO7/c1-10-11-4-5-12-21-9-28-18(26)15(21)20(2,3)7-6-13(21)29-19(27)22(12,16(10)25)17(11)30-14(24)8-23/h11-13,15,17H,1,4-9,23H2,2-3H3/t11-,12-,13-,15+,17+,21+,22-/m0/s1. The van der Waals surface area contributed by atoms with E-state index >= 15 is 0 Å². The number of nitrogens with two attached hydrogens (primary N) is 1. The summed E-state index contributed by atoms with van der Waals surface area (Å²) >= 11 is 0. The molecular formula is C22H27NO7. The molecule has 3 saturated carbocycles. The van der Waals surface area contributed by atoms with E-state index in [0.717, 1.165) is 0 Å². The highest BCUT2D eigenvalue weighted by atomic mass is 16.6. The first-order chi connectivity index (χ1) is 14.1. The predicted molar refractivity (Wildman–Crippen MR) is 102 cm³/mol. The second kappa shape index (κ2) is 5.93. The van der Waals surface area contributed by atoms with Crippen LogP contribution in [-0.2, 0) is 33.4 Å². The van der Waals surface area contributed by atoms with Crippen molar-refractivity contribution in [3.63, 3.8) is 0 Å². The Kier molecular flexibility index (Phi) is 3.90. The maximum absolute atomic E-state index is 13.6. The number of Topliss-reactive ketones (excluding diaryl/α,β-unsaturated/α-hetero) is 1. The van der Waals surface area contributed by atoms with Crippen LogP contribution in [0.2, 0.25) is 0 Å². The van der Waals surface area contributed by atoms with Gasteiger partial charge in [0.15, 0.2) is 11.2 Å². The van der Waals surface area contributed by atoms with Crippen LogP contribution in [0.4, 0.5) is 0 Å². The van der Waals surface area contributed by atoms with Crippen LogP contribution in [0, 0.1) is 34.0 Å². The number of ether oxygens (including phenoxy) is 3. The van der Waals surface area contributed by atoms with Crippen molar-refractivity contribution >= 4 is 23.7 Å². The normalized spacial score (nSPS) is 45.8. The topological polar surface area (TPSA) is 122 Å². The van der Waals surface area contributed by atoms with Crippen LogP contribution in [0.1, 0.15) is 39.5 Å². The molecule has 2 saturated heterocycles. The van der Waals surface area contributed by atoms with E-state index < -0.39 is 58.5 Å². The Morgan fingerprint density at radius 2 is 1.97 bits per heavy atom. The van der Waals surface area contributed by atoms with Crippen LogP contribution in [0.15, 0.2) is 12.2 Å². The zero-order chi connectivity index (χ0) is 21.6. The molecule has 0 aromatic carbocycles. The Morgan fingerprint density at radius 3 is 2.67 bits per heavy atom. The summed E-state index contributed by atoms with van der Waals surface area (Å²) in [7, 11) is 0. The fraction of sp³-hybridized carbons (Fsp3) is 0.727. The number of rotatable bonds is 2. The van der Waals surface area contributed by atoms with Crippen LogP contribution >= 0.6 is 0 Å². The van der Waals surface area contributed by atoms with Gasteiger partial charge in [0.05, 0.1) is 17.9 Å². The van der Waals surface area contributed by atoms with E-state index in [9.17, 15) is 19.2 Å². The molecule has 0 aromatic heterocycles. The van der Waals surface area contributed by atoms with Gasteiger partial charge in [-0.05, 0) is 42.6 Å². The summed E-state index contributed by atoms with van der Waals surface area (Å²) in [5.41, 5.74) is 2.88. The summed E-state index contributed by atoms with van der Waals surface area (Å²) in [6.45, 7) is 7.73. The molecule has 30 heavy (non-hydrogen) atoms. The third kappa shape index (κ3) is 2.01. The third-order valence-electron chi connectivity index (χ3n) is 8.58. The van der Waals surface area contributed by atoms with Crippen molar-refractivity contribution in [2.24, 2.45) is 39.7 Å².